The van der Waals surface area contributed by atoms with Gasteiger partial charge in [0.1, 0.15) is 11.5 Å². The van der Waals surface area contributed by atoms with Crippen molar-refractivity contribution in [1.82, 2.24) is 5.32 Å². The van der Waals surface area contributed by atoms with Gasteiger partial charge in [-0.15, -0.1) is 0 Å². The molecule has 4 heteroatoms. The molecule has 3 nitrogen and oxygen atoms in total. The van der Waals surface area contributed by atoms with Crippen LogP contribution in [0, 0.1) is 20.8 Å². The van der Waals surface area contributed by atoms with Crippen LogP contribution in [0.15, 0.2) is 12.1 Å². The maximum absolute atomic E-state index is 13.0. The molecule has 1 spiro atoms. The zero-order valence-corrected chi connectivity index (χ0v) is 13.6. The monoisotopic (exact) mass is 303 g/mol. The van der Waals surface area contributed by atoms with Crippen LogP contribution in [0.3, 0.4) is 0 Å². The number of thioether (sulfide) groups is 1. The molecule has 3 rings (SSSR count). The molecule has 0 saturated carbocycles. The Balaban J connectivity index is 2.04. The van der Waals surface area contributed by atoms with Crippen LogP contribution in [0.25, 0.3) is 0 Å². The molecular weight excluding hydrogens is 282 g/mol. The zero-order valence-electron chi connectivity index (χ0n) is 12.8. The Morgan fingerprint density at radius 3 is 2.43 bits per heavy atom. The zero-order chi connectivity index (χ0) is 15.2. The highest BCUT2D eigenvalue weighted by atomic mass is 32.2. The van der Waals surface area contributed by atoms with Gasteiger partial charge in [-0.25, -0.2) is 0 Å². The third-order valence-corrected chi connectivity index (χ3v) is 5.90. The summed E-state index contributed by atoms with van der Waals surface area (Å²) in [5, 5.41) is 3.03. The normalized spacial score (nSPS) is 29.0. The maximum Gasteiger partial charge on any atom is 0.236 e. The van der Waals surface area contributed by atoms with Crippen LogP contribution in [0.2, 0.25) is 0 Å². The number of ketones is 1. The predicted molar refractivity (Wildman–Crippen MR) is 85.8 cm³/mol. The van der Waals surface area contributed by atoms with Gasteiger partial charge in [-0.1, -0.05) is 17.7 Å². The molecule has 0 radical (unpaired) electrons. The van der Waals surface area contributed by atoms with E-state index in [0.717, 1.165) is 41.0 Å². The van der Waals surface area contributed by atoms with E-state index in [-0.39, 0.29) is 11.7 Å². The molecule has 1 N–H and O–H groups in total. The molecule has 1 aromatic rings. The van der Waals surface area contributed by atoms with Gasteiger partial charge in [-0.2, -0.15) is 11.8 Å². The summed E-state index contributed by atoms with van der Waals surface area (Å²) in [6, 6.07) is 4.12. The summed E-state index contributed by atoms with van der Waals surface area (Å²) in [6.07, 6.45) is 1.78. The Bertz CT molecular complexity index is 594. The van der Waals surface area contributed by atoms with Crippen LogP contribution in [-0.4, -0.2) is 28.7 Å². The van der Waals surface area contributed by atoms with E-state index in [0.29, 0.717) is 0 Å². The van der Waals surface area contributed by atoms with Crippen LogP contribution >= 0.6 is 11.8 Å². The second-order valence-electron chi connectivity index (χ2n) is 6.34. The fourth-order valence-corrected chi connectivity index (χ4v) is 4.96. The fourth-order valence-electron chi connectivity index (χ4n) is 3.76. The number of nitrogens with one attached hydrogen (secondary N) is 1. The third kappa shape index (κ3) is 2.30. The summed E-state index contributed by atoms with van der Waals surface area (Å²) in [5.41, 5.74) is 3.55. The Hall–Kier alpha value is -1.29. The number of aryl methyl sites for hydroxylation is 3. The second kappa shape index (κ2) is 5.16. The smallest absolute Gasteiger partial charge is 0.236 e. The van der Waals surface area contributed by atoms with Crippen molar-refractivity contribution in [1.29, 1.82) is 0 Å². The minimum Gasteiger partial charge on any atom is -0.342 e. The average molecular weight is 303 g/mol. The Morgan fingerprint density at radius 1 is 1.19 bits per heavy atom. The first kappa shape index (κ1) is 14.6. The molecule has 2 unspecified atom stereocenters. The number of amides is 1. The quantitative estimate of drug-likeness (QED) is 0.811. The van der Waals surface area contributed by atoms with E-state index in [1.807, 2.05) is 20.8 Å². The number of hydrogen-bond acceptors (Lipinski definition) is 3. The minimum absolute atomic E-state index is 0.0785. The van der Waals surface area contributed by atoms with E-state index in [2.05, 4.69) is 17.4 Å². The van der Waals surface area contributed by atoms with Crippen molar-refractivity contribution in [2.75, 3.05) is 11.5 Å². The predicted octanol–water partition coefficient (Wildman–Crippen LogP) is 2.66. The second-order valence-corrected chi connectivity index (χ2v) is 7.44. The lowest BCUT2D eigenvalue weighted by Gasteiger charge is -2.31. The van der Waals surface area contributed by atoms with Gasteiger partial charge < -0.3 is 5.32 Å². The number of Topliss-reactive ketones (excluding diaryl/α,β-unsaturated/α-hetero) is 1. The van der Waals surface area contributed by atoms with Crippen LogP contribution in [0.4, 0.5) is 0 Å². The molecule has 2 saturated heterocycles. The summed E-state index contributed by atoms with van der Waals surface area (Å²) < 4.78 is 0. The van der Waals surface area contributed by atoms with E-state index in [1.165, 1.54) is 5.56 Å². The molecule has 2 aliphatic rings. The number of carbonyl (C=O) groups is 2. The lowest BCUT2D eigenvalue weighted by atomic mass is 9.82. The van der Waals surface area contributed by atoms with Gasteiger partial charge in [0.15, 0.2) is 5.78 Å². The van der Waals surface area contributed by atoms with Gasteiger partial charge in [-0.3, -0.25) is 9.59 Å². The Labute approximate surface area is 129 Å². The number of carbonyl (C=O) groups excluding carboxylic acids is 2. The van der Waals surface area contributed by atoms with Crippen molar-refractivity contribution in [2.24, 2.45) is 0 Å². The minimum atomic E-state index is -0.621. The topological polar surface area (TPSA) is 46.2 Å². The standard InChI is InChI=1S/C17H21NO2S/c1-10-7-11(2)13(12(3)8-10)14-15(19)17(18-16(14)20)5-4-6-21-9-17/h7-8,14H,4-6,9H2,1-3H3,(H,18,20). The number of benzene rings is 1. The lowest BCUT2D eigenvalue weighted by Crippen LogP contribution is -2.50. The summed E-state index contributed by atoms with van der Waals surface area (Å²) in [6.45, 7) is 6.03. The van der Waals surface area contributed by atoms with Crippen molar-refractivity contribution in [2.45, 2.75) is 45.1 Å². The molecule has 2 fully saturated rings. The van der Waals surface area contributed by atoms with Crippen LogP contribution < -0.4 is 5.32 Å². The summed E-state index contributed by atoms with van der Waals surface area (Å²) in [5.74, 6) is 1.15. The highest BCUT2D eigenvalue weighted by molar-refractivity contribution is 7.99. The van der Waals surface area contributed by atoms with Crippen molar-refractivity contribution in [3.8, 4) is 0 Å². The maximum atomic E-state index is 13.0. The van der Waals surface area contributed by atoms with Gasteiger partial charge in [0.2, 0.25) is 5.91 Å². The van der Waals surface area contributed by atoms with Gasteiger partial charge in [-0.05, 0) is 56.1 Å². The summed E-state index contributed by atoms with van der Waals surface area (Å²) >= 11 is 1.77. The molecule has 0 bridgehead atoms. The first-order chi connectivity index (χ1) is 9.94. The molecule has 2 heterocycles. The van der Waals surface area contributed by atoms with Gasteiger partial charge >= 0.3 is 0 Å². The molecular formula is C17H21NO2S. The SMILES string of the molecule is Cc1cc(C)c(C2C(=O)NC3(CCCSC3)C2=O)c(C)c1. The van der Waals surface area contributed by atoms with Crippen LogP contribution in [-0.2, 0) is 9.59 Å². The molecule has 2 atom stereocenters. The summed E-state index contributed by atoms with van der Waals surface area (Å²) in [4.78, 5) is 25.5. The average Bonchev–Trinajstić information content (AvgIpc) is 2.63. The molecule has 0 aliphatic carbocycles. The van der Waals surface area contributed by atoms with Crippen molar-refractivity contribution >= 4 is 23.5 Å². The molecule has 1 aromatic carbocycles. The van der Waals surface area contributed by atoms with Crippen LogP contribution in [0.5, 0.6) is 0 Å². The van der Waals surface area contributed by atoms with Crippen molar-refractivity contribution in [3.63, 3.8) is 0 Å². The van der Waals surface area contributed by atoms with E-state index >= 15 is 0 Å². The fraction of sp³-hybridized carbons (Fsp3) is 0.529. The lowest BCUT2D eigenvalue weighted by molar-refractivity contribution is -0.125. The van der Waals surface area contributed by atoms with E-state index in [9.17, 15) is 9.59 Å². The van der Waals surface area contributed by atoms with Crippen molar-refractivity contribution in [3.05, 3.63) is 34.4 Å². The van der Waals surface area contributed by atoms with Gasteiger partial charge in [0.05, 0.1) is 0 Å². The molecule has 2 aliphatic heterocycles. The molecule has 0 aromatic heterocycles. The number of rotatable bonds is 1. The third-order valence-electron chi connectivity index (χ3n) is 4.63. The highest BCUT2D eigenvalue weighted by Crippen LogP contribution is 2.39. The van der Waals surface area contributed by atoms with E-state index < -0.39 is 11.5 Å². The first-order valence-corrected chi connectivity index (χ1v) is 8.62. The largest absolute Gasteiger partial charge is 0.342 e. The summed E-state index contributed by atoms with van der Waals surface area (Å²) in [7, 11) is 0. The molecule has 1 amide bonds. The van der Waals surface area contributed by atoms with Gasteiger partial charge in [0.25, 0.3) is 0 Å². The van der Waals surface area contributed by atoms with Gasteiger partial charge in [0, 0.05) is 5.75 Å². The first-order valence-electron chi connectivity index (χ1n) is 7.46. The molecule has 112 valence electrons. The van der Waals surface area contributed by atoms with E-state index in [4.69, 9.17) is 0 Å². The van der Waals surface area contributed by atoms with Crippen LogP contribution in [0.1, 0.15) is 41.0 Å². The number of hydrogen-bond donors (Lipinski definition) is 1. The Morgan fingerprint density at radius 2 is 1.86 bits per heavy atom. The highest BCUT2D eigenvalue weighted by Gasteiger charge is 2.53. The Kier molecular flexibility index (Phi) is 3.60. The van der Waals surface area contributed by atoms with Crippen molar-refractivity contribution < 1.29 is 9.59 Å². The van der Waals surface area contributed by atoms with E-state index in [1.54, 1.807) is 11.8 Å². The molecule has 21 heavy (non-hydrogen) atoms.